The number of carbonyl (C=O) groups excluding carboxylic acids is 1. The maximum Gasteiger partial charge on any atom is 0.267 e. The molecule has 2 N–H and O–H groups in total. The number of nitrogens with two attached hydrogens (primary N) is 1. The van der Waals surface area contributed by atoms with Gasteiger partial charge >= 0.3 is 0 Å². The van der Waals surface area contributed by atoms with Crippen LogP contribution >= 0.6 is 11.6 Å². The molecule has 0 radical (unpaired) electrons. The van der Waals surface area contributed by atoms with Crippen LogP contribution in [0.25, 0.3) is 16.6 Å². The molecule has 0 fully saturated rings. The van der Waals surface area contributed by atoms with Crippen LogP contribution in [0.3, 0.4) is 0 Å². The summed E-state index contributed by atoms with van der Waals surface area (Å²) in [7, 11) is 0. The molecule has 3 rings (SSSR count). The molecule has 0 spiro atoms. The number of nitrogens with zero attached hydrogens (tertiary/aromatic N) is 2. The number of hydrogen-bond acceptors (Lipinski definition) is 3. The monoisotopic (exact) mass is 299 g/mol. The molecular weight excluding hydrogens is 290 g/mol. The van der Waals surface area contributed by atoms with E-state index in [0.29, 0.717) is 27.2 Å². The summed E-state index contributed by atoms with van der Waals surface area (Å²) in [5.74, 6) is -0.559. The van der Waals surface area contributed by atoms with Crippen LogP contribution in [-0.4, -0.2) is 15.5 Å². The Morgan fingerprint density at radius 3 is 2.71 bits per heavy atom. The van der Waals surface area contributed by atoms with Gasteiger partial charge < -0.3 is 5.73 Å². The minimum atomic E-state index is -0.559. The highest BCUT2D eigenvalue weighted by atomic mass is 35.5. The van der Waals surface area contributed by atoms with Gasteiger partial charge in [0.25, 0.3) is 5.56 Å². The lowest BCUT2D eigenvalue weighted by atomic mass is 10.2. The second kappa shape index (κ2) is 5.03. The molecule has 104 valence electrons. The Labute approximate surface area is 124 Å². The lowest BCUT2D eigenvalue weighted by Gasteiger charge is -2.08. The van der Waals surface area contributed by atoms with E-state index >= 15 is 0 Å². The van der Waals surface area contributed by atoms with Gasteiger partial charge in [0, 0.05) is 5.56 Å². The molecule has 0 aliphatic heterocycles. The molecule has 0 saturated heterocycles. The van der Waals surface area contributed by atoms with Crippen molar-refractivity contribution in [3.05, 3.63) is 69.7 Å². The van der Waals surface area contributed by atoms with Gasteiger partial charge in [0.1, 0.15) is 6.33 Å². The van der Waals surface area contributed by atoms with Crippen molar-refractivity contribution in [2.45, 2.75) is 0 Å². The summed E-state index contributed by atoms with van der Waals surface area (Å²) in [6, 6.07) is 11.5. The fourth-order valence-corrected chi connectivity index (χ4v) is 2.37. The van der Waals surface area contributed by atoms with Crippen LogP contribution in [0.5, 0.6) is 0 Å². The van der Waals surface area contributed by atoms with Crippen LogP contribution < -0.4 is 11.3 Å². The Morgan fingerprint density at radius 1 is 1.19 bits per heavy atom. The lowest BCUT2D eigenvalue weighted by molar-refractivity contribution is 0.100. The molecule has 0 saturated carbocycles. The van der Waals surface area contributed by atoms with Gasteiger partial charge in [-0.3, -0.25) is 14.2 Å². The van der Waals surface area contributed by atoms with Gasteiger partial charge in [0.15, 0.2) is 0 Å². The van der Waals surface area contributed by atoms with Gasteiger partial charge in [0.2, 0.25) is 5.91 Å². The SMILES string of the molecule is NC(=O)c1cccc(-n2cnc3cccc(Cl)c3c2=O)c1. The van der Waals surface area contributed by atoms with Crippen molar-refractivity contribution in [3.8, 4) is 5.69 Å². The van der Waals surface area contributed by atoms with E-state index < -0.39 is 5.91 Å². The average Bonchev–Trinajstić information content (AvgIpc) is 2.47. The topological polar surface area (TPSA) is 78.0 Å². The van der Waals surface area contributed by atoms with Gasteiger partial charge in [-0.25, -0.2) is 4.98 Å². The van der Waals surface area contributed by atoms with Crippen LogP contribution in [0.2, 0.25) is 5.02 Å². The molecule has 0 aliphatic rings. The van der Waals surface area contributed by atoms with Gasteiger partial charge in [-0.15, -0.1) is 0 Å². The first kappa shape index (κ1) is 13.3. The molecule has 0 atom stereocenters. The summed E-state index contributed by atoms with van der Waals surface area (Å²) in [5, 5.41) is 0.677. The first-order valence-electron chi connectivity index (χ1n) is 6.14. The summed E-state index contributed by atoms with van der Waals surface area (Å²) in [6.45, 7) is 0. The van der Waals surface area contributed by atoms with Gasteiger partial charge in [0.05, 0.1) is 21.6 Å². The van der Waals surface area contributed by atoms with Crippen LogP contribution in [-0.2, 0) is 0 Å². The summed E-state index contributed by atoms with van der Waals surface area (Å²) >= 11 is 6.08. The maximum atomic E-state index is 12.6. The second-order valence-electron chi connectivity index (χ2n) is 4.47. The second-order valence-corrected chi connectivity index (χ2v) is 4.88. The molecule has 0 unspecified atom stereocenters. The number of benzene rings is 2. The number of hydrogen-bond donors (Lipinski definition) is 1. The zero-order chi connectivity index (χ0) is 15.0. The van der Waals surface area contributed by atoms with Crippen molar-refractivity contribution < 1.29 is 4.79 Å². The Kier molecular flexibility index (Phi) is 3.19. The van der Waals surface area contributed by atoms with Gasteiger partial charge in [-0.1, -0.05) is 23.7 Å². The van der Waals surface area contributed by atoms with Crippen molar-refractivity contribution in [1.82, 2.24) is 9.55 Å². The van der Waals surface area contributed by atoms with E-state index in [9.17, 15) is 9.59 Å². The number of amides is 1. The molecule has 21 heavy (non-hydrogen) atoms. The lowest BCUT2D eigenvalue weighted by Crippen LogP contribution is -2.20. The Balaban J connectivity index is 2.29. The highest BCUT2D eigenvalue weighted by molar-refractivity contribution is 6.35. The van der Waals surface area contributed by atoms with E-state index in [4.69, 9.17) is 17.3 Å². The van der Waals surface area contributed by atoms with E-state index in [1.165, 1.54) is 17.0 Å². The normalized spacial score (nSPS) is 10.7. The number of aromatic nitrogens is 2. The molecule has 1 amide bonds. The van der Waals surface area contributed by atoms with Crippen molar-refractivity contribution >= 4 is 28.4 Å². The summed E-state index contributed by atoms with van der Waals surface area (Å²) in [6.07, 6.45) is 1.40. The Hall–Kier alpha value is -2.66. The van der Waals surface area contributed by atoms with Crippen LogP contribution in [0.1, 0.15) is 10.4 Å². The first-order valence-corrected chi connectivity index (χ1v) is 6.52. The third-order valence-electron chi connectivity index (χ3n) is 3.15. The van der Waals surface area contributed by atoms with Crippen LogP contribution in [0.15, 0.2) is 53.6 Å². The smallest absolute Gasteiger partial charge is 0.267 e. The van der Waals surface area contributed by atoms with Gasteiger partial charge in [-0.05, 0) is 30.3 Å². The molecule has 1 aromatic heterocycles. The molecule has 0 aliphatic carbocycles. The molecule has 6 heteroatoms. The number of rotatable bonds is 2. The highest BCUT2D eigenvalue weighted by Gasteiger charge is 2.10. The van der Waals surface area contributed by atoms with Crippen molar-refractivity contribution in [2.24, 2.45) is 5.73 Å². The first-order chi connectivity index (χ1) is 10.1. The van der Waals surface area contributed by atoms with Gasteiger partial charge in [-0.2, -0.15) is 0 Å². The summed E-state index contributed by atoms with van der Waals surface area (Å²) in [4.78, 5) is 28.0. The van der Waals surface area contributed by atoms with Crippen molar-refractivity contribution in [3.63, 3.8) is 0 Å². The van der Waals surface area contributed by atoms with Crippen molar-refractivity contribution in [1.29, 1.82) is 0 Å². The minimum absolute atomic E-state index is 0.299. The zero-order valence-corrected chi connectivity index (χ0v) is 11.5. The molecule has 0 bridgehead atoms. The molecule has 1 heterocycles. The minimum Gasteiger partial charge on any atom is -0.366 e. The third-order valence-corrected chi connectivity index (χ3v) is 3.46. The van der Waals surface area contributed by atoms with E-state index in [2.05, 4.69) is 4.98 Å². The standard InChI is InChI=1S/C15H10ClN3O2/c16-11-5-2-6-12-13(11)15(21)19(8-18-12)10-4-1-3-9(7-10)14(17)20/h1-8H,(H2,17,20). The zero-order valence-electron chi connectivity index (χ0n) is 10.8. The Morgan fingerprint density at radius 2 is 1.95 bits per heavy atom. The third kappa shape index (κ3) is 2.28. The Bertz CT molecular complexity index is 918. The molecule has 3 aromatic rings. The quantitative estimate of drug-likeness (QED) is 0.787. The molecule has 2 aromatic carbocycles. The van der Waals surface area contributed by atoms with E-state index in [0.717, 1.165) is 0 Å². The fourth-order valence-electron chi connectivity index (χ4n) is 2.12. The average molecular weight is 300 g/mol. The number of fused-ring (bicyclic) bond motifs is 1. The molecule has 5 nitrogen and oxygen atoms in total. The highest BCUT2D eigenvalue weighted by Crippen LogP contribution is 2.18. The van der Waals surface area contributed by atoms with Crippen LogP contribution in [0.4, 0.5) is 0 Å². The number of halogens is 1. The fraction of sp³-hybridized carbons (Fsp3) is 0. The maximum absolute atomic E-state index is 12.6. The summed E-state index contributed by atoms with van der Waals surface area (Å²) in [5.41, 5.74) is 6.30. The summed E-state index contributed by atoms with van der Waals surface area (Å²) < 4.78 is 1.33. The number of carbonyl (C=O) groups is 1. The largest absolute Gasteiger partial charge is 0.366 e. The van der Waals surface area contributed by atoms with E-state index in [-0.39, 0.29) is 5.56 Å². The predicted octanol–water partition coefficient (Wildman–Crippen LogP) is 2.14. The predicted molar refractivity (Wildman–Crippen MR) is 80.9 cm³/mol. The number of primary amides is 1. The van der Waals surface area contributed by atoms with Crippen molar-refractivity contribution in [2.75, 3.05) is 0 Å². The molecular formula is C15H10ClN3O2. The van der Waals surface area contributed by atoms with Crippen LogP contribution in [0, 0.1) is 0 Å². The van der Waals surface area contributed by atoms with E-state index in [1.807, 2.05) is 0 Å². The van der Waals surface area contributed by atoms with E-state index in [1.54, 1.807) is 36.4 Å².